The van der Waals surface area contributed by atoms with Gasteiger partial charge in [-0.25, -0.2) is 0 Å². The second-order valence-corrected chi connectivity index (χ2v) is 9.12. The molecular formula is C21H21N5O2S2. The van der Waals surface area contributed by atoms with E-state index in [0.29, 0.717) is 5.17 Å². The molecule has 7 nitrogen and oxygen atoms in total. The van der Waals surface area contributed by atoms with Gasteiger partial charge in [0.1, 0.15) is 5.75 Å². The monoisotopic (exact) mass is 439 g/mol. The number of rotatable bonds is 4. The Labute approximate surface area is 183 Å². The van der Waals surface area contributed by atoms with Crippen LogP contribution in [0, 0.1) is 19.3 Å². The van der Waals surface area contributed by atoms with Gasteiger partial charge in [-0.05, 0) is 61.2 Å². The van der Waals surface area contributed by atoms with Crippen LogP contribution >= 0.6 is 23.5 Å². The van der Waals surface area contributed by atoms with Crippen LogP contribution < -0.4 is 4.74 Å². The number of ether oxygens (including phenoxy) is 1. The molecule has 1 N–H and O–H groups in total. The van der Waals surface area contributed by atoms with Crippen molar-refractivity contribution in [2.45, 2.75) is 20.8 Å². The van der Waals surface area contributed by atoms with Crippen LogP contribution in [-0.2, 0) is 4.79 Å². The van der Waals surface area contributed by atoms with Crippen molar-refractivity contribution >= 4 is 50.9 Å². The van der Waals surface area contributed by atoms with Crippen LogP contribution in [0.4, 0.5) is 0 Å². The number of hydrogen-bond donors (Lipinski definition) is 1. The molecule has 2 aliphatic rings. The summed E-state index contributed by atoms with van der Waals surface area (Å²) in [4.78, 5) is 16.8. The fourth-order valence-electron chi connectivity index (χ4n) is 3.43. The molecule has 1 aromatic heterocycles. The summed E-state index contributed by atoms with van der Waals surface area (Å²) >= 11 is 2.90. The van der Waals surface area contributed by atoms with Gasteiger partial charge >= 0.3 is 0 Å². The second-order valence-electron chi connectivity index (χ2n) is 6.65. The number of methoxy groups -OCH3 is 1. The molecule has 0 saturated carbocycles. The number of amidine groups is 2. The number of benzene rings is 1. The third-order valence-electron chi connectivity index (χ3n) is 4.80. The predicted molar refractivity (Wildman–Crippen MR) is 125 cm³/mol. The Hall–Kier alpha value is -2.78. The molecule has 0 saturated heterocycles. The predicted octanol–water partition coefficient (Wildman–Crippen LogP) is 4.43. The lowest BCUT2D eigenvalue weighted by molar-refractivity contribution is -0.114. The summed E-state index contributed by atoms with van der Waals surface area (Å²) < 4.78 is 8.39. The molecule has 0 aliphatic carbocycles. The Kier molecular flexibility index (Phi) is 5.57. The zero-order valence-corrected chi connectivity index (χ0v) is 18.7. The number of nitrogens with one attached hydrogen (secondary N) is 1. The molecular weight excluding hydrogens is 418 g/mol. The van der Waals surface area contributed by atoms with Gasteiger partial charge in [0.25, 0.3) is 5.91 Å². The van der Waals surface area contributed by atoms with Gasteiger partial charge in [-0.15, -0.1) is 5.10 Å². The van der Waals surface area contributed by atoms with Crippen molar-refractivity contribution in [3.63, 3.8) is 0 Å². The van der Waals surface area contributed by atoms with Crippen molar-refractivity contribution in [3.8, 4) is 11.4 Å². The van der Waals surface area contributed by atoms with Gasteiger partial charge in [0.2, 0.25) is 5.17 Å². The van der Waals surface area contributed by atoms with Crippen molar-refractivity contribution in [1.82, 2.24) is 9.58 Å². The van der Waals surface area contributed by atoms with E-state index in [2.05, 4.69) is 14.7 Å². The van der Waals surface area contributed by atoms with Crippen LogP contribution in [-0.4, -0.2) is 43.7 Å². The molecule has 9 heteroatoms. The van der Waals surface area contributed by atoms with E-state index in [4.69, 9.17) is 10.1 Å². The number of thioether (sulfide) groups is 2. The summed E-state index contributed by atoms with van der Waals surface area (Å²) in [5.74, 6) is 1.26. The summed E-state index contributed by atoms with van der Waals surface area (Å²) in [5.41, 5.74) is 3.95. The van der Waals surface area contributed by atoms with E-state index in [-0.39, 0.29) is 11.4 Å². The van der Waals surface area contributed by atoms with Crippen molar-refractivity contribution < 1.29 is 9.53 Å². The summed E-state index contributed by atoms with van der Waals surface area (Å²) in [6.07, 6.45) is 1.73. The maximum atomic E-state index is 12.7. The van der Waals surface area contributed by atoms with E-state index >= 15 is 0 Å². The summed E-state index contributed by atoms with van der Waals surface area (Å²) in [6, 6.07) is 9.78. The van der Waals surface area contributed by atoms with Gasteiger partial charge in [0.15, 0.2) is 10.2 Å². The lowest BCUT2D eigenvalue weighted by Crippen LogP contribution is -2.35. The highest BCUT2D eigenvalue weighted by Crippen LogP contribution is 2.33. The zero-order chi connectivity index (χ0) is 21.4. The summed E-state index contributed by atoms with van der Waals surface area (Å²) in [7, 11) is 1.65. The van der Waals surface area contributed by atoms with E-state index in [9.17, 15) is 4.79 Å². The van der Waals surface area contributed by atoms with Crippen molar-refractivity contribution in [2.75, 3.05) is 12.9 Å². The van der Waals surface area contributed by atoms with E-state index in [1.807, 2.05) is 51.1 Å². The normalized spacial score (nSPS) is 17.3. The van der Waals surface area contributed by atoms with E-state index in [1.54, 1.807) is 24.9 Å². The second kappa shape index (κ2) is 8.16. The Morgan fingerprint density at radius 2 is 2.07 bits per heavy atom. The molecule has 1 aromatic carbocycles. The highest BCUT2D eigenvalue weighted by atomic mass is 32.2. The van der Waals surface area contributed by atoms with Crippen molar-refractivity contribution in [3.05, 3.63) is 52.9 Å². The Balaban J connectivity index is 1.75. The van der Waals surface area contributed by atoms with Gasteiger partial charge in [-0.2, -0.15) is 10.0 Å². The smallest absolute Gasteiger partial charge is 0.283 e. The van der Waals surface area contributed by atoms with Gasteiger partial charge in [-0.3, -0.25) is 10.2 Å². The number of aliphatic imine (C=N–C) groups is 1. The SMILES string of the molecule is CCSC1=NN2C(=N)/C(=C\c3cc(C)n(-c4ccccc4OC)c3C)C(=O)N=C2S1. The quantitative estimate of drug-likeness (QED) is 0.713. The van der Waals surface area contributed by atoms with Gasteiger partial charge in [0.05, 0.1) is 18.4 Å². The molecule has 0 unspecified atom stereocenters. The molecule has 0 fully saturated rings. The molecule has 30 heavy (non-hydrogen) atoms. The maximum absolute atomic E-state index is 12.7. The number of fused-ring (bicyclic) bond motifs is 1. The molecule has 3 heterocycles. The van der Waals surface area contributed by atoms with Gasteiger partial charge in [-0.1, -0.05) is 30.8 Å². The van der Waals surface area contributed by atoms with Crippen LogP contribution in [0.1, 0.15) is 23.9 Å². The van der Waals surface area contributed by atoms with Crippen LogP contribution in [0.25, 0.3) is 11.8 Å². The van der Waals surface area contributed by atoms with Crippen LogP contribution in [0.15, 0.2) is 46.0 Å². The third-order valence-corrected chi connectivity index (χ3v) is 6.72. The first-order valence-corrected chi connectivity index (χ1v) is 11.2. The number of aromatic nitrogens is 1. The first-order chi connectivity index (χ1) is 14.4. The molecule has 154 valence electrons. The molecule has 4 rings (SSSR count). The van der Waals surface area contributed by atoms with Gasteiger partial charge in [0, 0.05) is 11.4 Å². The molecule has 1 amide bonds. The molecule has 0 spiro atoms. The Morgan fingerprint density at radius 1 is 1.30 bits per heavy atom. The standard InChI is InChI=1S/C21H21N5O2S2/c1-5-29-21-24-26-18(22)15(19(27)23-20(26)30-21)11-14-10-12(2)25(13(14)3)16-8-6-7-9-17(16)28-4/h6-11,22H,5H2,1-4H3/b15-11+,22-18?. The van der Waals surface area contributed by atoms with Crippen LogP contribution in [0.2, 0.25) is 0 Å². The fraction of sp³-hybridized carbons (Fsp3) is 0.238. The van der Waals surface area contributed by atoms with E-state index in [0.717, 1.165) is 38.5 Å². The van der Waals surface area contributed by atoms with Gasteiger partial charge < -0.3 is 9.30 Å². The molecule has 0 bridgehead atoms. The number of hydrogen-bond acceptors (Lipinski definition) is 6. The fourth-order valence-corrected chi connectivity index (χ4v) is 5.26. The minimum absolute atomic E-state index is 0.0475. The lowest BCUT2D eigenvalue weighted by Gasteiger charge is -2.20. The Bertz CT molecular complexity index is 1150. The van der Waals surface area contributed by atoms with Crippen molar-refractivity contribution in [2.24, 2.45) is 10.1 Å². The highest BCUT2D eigenvalue weighted by Gasteiger charge is 2.35. The van der Waals surface area contributed by atoms with Crippen molar-refractivity contribution in [1.29, 1.82) is 5.41 Å². The third kappa shape index (κ3) is 3.48. The maximum Gasteiger partial charge on any atom is 0.283 e. The number of nitrogens with zero attached hydrogens (tertiary/aromatic N) is 4. The lowest BCUT2D eigenvalue weighted by atomic mass is 10.1. The summed E-state index contributed by atoms with van der Waals surface area (Å²) in [5, 5.41) is 14.8. The number of carbonyl (C=O) groups is 1. The first kappa shape index (κ1) is 20.5. The number of para-hydroxylation sites is 2. The first-order valence-electron chi connectivity index (χ1n) is 9.40. The molecule has 0 atom stereocenters. The topological polar surface area (TPSA) is 83.0 Å². The number of aryl methyl sites for hydroxylation is 1. The van der Waals surface area contributed by atoms with E-state index in [1.165, 1.54) is 16.8 Å². The average Bonchev–Trinajstić information content (AvgIpc) is 3.25. The summed E-state index contributed by atoms with van der Waals surface area (Å²) in [6.45, 7) is 6.02. The molecule has 2 aliphatic heterocycles. The average molecular weight is 440 g/mol. The Morgan fingerprint density at radius 3 is 2.80 bits per heavy atom. The minimum atomic E-state index is -0.418. The van der Waals surface area contributed by atoms with E-state index < -0.39 is 5.91 Å². The molecule has 2 aromatic rings. The number of amides is 1. The highest BCUT2D eigenvalue weighted by molar-refractivity contribution is 8.45. The van der Waals surface area contributed by atoms with Crippen LogP contribution in [0.5, 0.6) is 5.75 Å². The van der Waals surface area contributed by atoms with Crippen LogP contribution in [0.3, 0.4) is 0 Å². The molecule has 0 radical (unpaired) electrons. The number of hydrazone groups is 1. The minimum Gasteiger partial charge on any atom is -0.495 e. The zero-order valence-electron chi connectivity index (χ0n) is 17.1. The number of carbonyl (C=O) groups excluding carboxylic acids is 1. The largest absolute Gasteiger partial charge is 0.495 e.